The number of hydrogen-bond acceptors (Lipinski definition) is 3. The van der Waals surface area contributed by atoms with Crippen molar-refractivity contribution in [3.63, 3.8) is 0 Å². The summed E-state index contributed by atoms with van der Waals surface area (Å²) in [6.45, 7) is 7.90. The Morgan fingerprint density at radius 3 is 2.81 bits per heavy atom. The molecule has 0 saturated heterocycles. The van der Waals surface area contributed by atoms with Gasteiger partial charge < -0.3 is 5.32 Å². The van der Waals surface area contributed by atoms with Gasteiger partial charge in [-0.25, -0.2) is 0 Å². The molecule has 1 fully saturated rings. The number of carbonyl (C=O) groups excluding carboxylic acids is 1. The lowest BCUT2D eigenvalue weighted by Crippen LogP contribution is -2.36. The van der Waals surface area contributed by atoms with E-state index in [1.807, 2.05) is 13.8 Å². The first-order valence-electron chi connectivity index (χ1n) is 5.75. The van der Waals surface area contributed by atoms with Gasteiger partial charge in [0, 0.05) is 6.04 Å². The van der Waals surface area contributed by atoms with Gasteiger partial charge in [0.15, 0.2) is 5.17 Å². The van der Waals surface area contributed by atoms with Gasteiger partial charge in [-0.3, -0.25) is 4.79 Å². The van der Waals surface area contributed by atoms with Crippen molar-refractivity contribution in [1.29, 1.82) is 0 Å². The van der Waals surface area contributed by atoms with Crippen LogP contribution >= 0.6 is 11.8 Å². The van der Waals surface area contributed by atoms with Crippen LogP contribution in [0.25, 0.3) is 0 Å². The van der Waals surface area contributed by atoms with Crippen LogP contribution in [-0.2, 0) is 4.79 Å². The second kappa shape index (κ2) is 4.24. The third kappa shape index (κ3) is 2.32. The standard InChI is InChI=1S/C12H18N2OS/c1-8-6-4-5-7-9(8)13-11-14-10(15)12(2,3)16-11/h9H,1,4-7H2,2-3H3,(H,13,14,15). The average molecular weight is 238 g/mol. The van der Waals surface area contributed by atoms with Crippen LogP contribution in [0.3, 0.4) is 0 Å². The number of amides is 1. The summed E-state index contributed by atoms with van der Waals surface area (Å²) in [5.41, 5.74) is 1.24. The maximum Gasteiger partial charge on any atom is 0.264 e. The molecular formula is C12H18N2OS. The Morgan fingerprint density at radius 2 is 2.25 bits per heavy atom. The van der Waals surface area contributed by atoms with Crippen LogP contribution in [0.2, 0.25) is 0 Å². The Kier molecular flexibility index (Phi) is 3.10. The van der Waals surface area contributed by atoms with Crippen LogP contribution in [0.4, 0.5) is 0 Å². The van der Waals surface area contributed by atoms with Crippen molar-refractivity contribution < 1.29 is 4.79 Å². The molecule has 0 aromatic heterocycles. The third-order valence-electron chi connectivity index (χ3n) is 3.10. The molecular weight excluding hydrogens is 220 g/mol. The van der Waals surface area contributed by atoms with Gasteiger partial charge in [-0.15, -0.1) is 0 Å². The Morgan fingerprint density at radius 1 is 1.50 bits per heavy atom. The van der Waals surface area contributed by atoms with E-state index < -0.39 is 4.75 Å². The average Bonchev–Trinajstić information content (AvgIpc) is 2.44. The van der Waals surface area contributed by atoms with E-state index in [0.29, 0.717) is 6.04 Å². The molecule has 1 N–H and O–H groups in total. The largest absolute Gasteiger partial charge is 0.358 e. The van der Waals surface area contributed by atoms with E-state index in [9.17, 15) is 4.79 Å². The number of thioether (sulfide) groups is 1. The highest BCUT2D eigenvalue weighted by Gasteiger charge is 2.37. The summed E-state index contributed by atoms with van der Waals surface area (Å²) in [6, 6.07) is 0.307. The number of carbonyl (C=O) groups is 1. The molecule has 1 aliphatic carbocycles. The van der Waals surface area contributed by atoms with E-state index in [1.165, 1.54) is 30.2 Å². The molecule has 1 heterocycles. The summed E-state index contributed by atoms with van der Waals surface area (Å²) in [4.78, 5) is 15.6. The van der Waals surface area contributed by atoms with E-state index in [0.717, 1.165) is 18.0 Å². The van der Waals surface area contributed by atoms with Crippen molar-refractivity contribution in [2.75, 3.05) is 0 Å². The molecule has 2 aliphatic rings. The summed E-state index contributed by atoms with van der Waals surface area (Å²) < 4.78 is -0.404. The van der Waals surface area contributed by atoms with Crippen molar-refractivity contribution in [1.82, 2.24) is 5.32 Å². The van der Waals surface area contributed by atoms with Gasteiger partial charge in [-0.2, -0.15) is 4.99 Å². The van der Waals surface area contributed by atoms with Gasteiger partial charge in [0.1, 0.15) is 0 Å². The molecule has 1 amide bonds. The molecule has 1 unspecified atom stereocenters. The molecule has 88 valence electrons. The predicted octanol–water partition coefficient (Wildman–Crippen LogP) is 2.48. The van der Waals surface area contributed by atoms with E-state index in [2.05, 4.69) is 16.9 Å². The number of hydrogen-bond donors (Lipinski definition) is 1. The monoisotopic (exact) mass is 238 g/mol. The maximum atomic E-state index is 11.6. The zero-order chi connectivity index (χ0) is 11.8. The summed E-state index contributed by atoms with van der Waals surface area (Å²) >= 11 is 1.52. The number of rotatable bonds is 1. The topological polar surface area (TPSA) is 41.5 Å². The van der Waals surface area contributed by atoms with Gasteiger partial charge in [0.2, 0.25) is 0 Å². The maximum absolute atomic E-state index is 11.6. The molecule has 0 aromatic carbocycles. The molecule has 0 aromatic rings. The fraction of sp³-hybridized carbons (Fsp3) is 0.667. The summed E-state index contributed by atoms with van der Waals surface area (Å²) in [7, 11) is 0. The van der Waals surface area contributed by atoms with Crippen LogP contribution in [0, 0.1) is 0 Å². The SMILES string of the molecule is C=C1CCCCC1NC1=NC(=O)C(C)(C)S1. The second-order valence-electron chi connectivity index (χ2n) is 4.94. The first-order chi connectivity index (χ1) is 7.49. The van der Waals surface area contributed by atoms with Gasteiger partial charge in [-0.05, 0) is 33.1 Å². The molecule has 3 nitrogen and oxygen atoms in total. The quantitative estimate of drug-likeness (QED) is 0.714. The predicted molar refractivity (Wildman–Crippen MR) is 68.6 cm³/mol. The normalized spacial score (nSPS) is 29.1. The molecule has 0 bridgehead atoms. The van der Waals surface area contributed by atoms with Crippen molar-refractivity contribution in [2.45, 2.75) is 50.3 Å². The van der Waals surface area contributed by atoms with Crippen LogP contribution < -0.4 is 5.32 Å². The molecule has 0 spiro atoms. The number of nitrogens with zero attached hydrogens (tertiary/aromatic N) is 1. The third-order valence-corrected chi connectivity index (χ3v) is 4.19. The number of amidine groups is 1. The van der Waals surface area contributed by atoms with E-state index in [-0.39, 0.29) is 5.91 Å². The molecule has 1 saturated carbocycles. The summed E-state index contributed by atoms with van der Waals surface area (Å²) in [6.07, 6.45) is 4.66. The number of aliphatic imine (C=N–C) groups is 1. The van der Waals surface area contributed by atoms with Gasteiger partial charge in [-0.1, -0.05) is 30.3 Å². The Bertz CT molecular complexity index is 360. The van der Waals surface area contributed by atoms with Gasteiger partial charge in [0.05, 0.1) is 4.75 Å². The Balaban J connectivity index is 1.98. The van der Waals surface area contributed by atoms with Gasteiger partial charge in [0.25, 0.3) is 5.91 Å². The minimum Gasteiger partial charge on any atom is -0.358 e. The molecule has 1 atom stereocenters. The highest BCUT2D eigenvalue weighted by Crippen LogP contribution is 2.33. The lowest BCUT2D eigenvalue weighted by atomic mass is 9.91. The Hall–Kier alpha value is -0.770. The lowest BCUT2D eigenvalue weighted by molar-refractivity contribution is -0.119. The van der Waals surface area contributed by atoms with Crippen molar-refractivity contribution in [3.8, 4) is 0 Å². The fourth-order valence-electron chi connectivity index (χ4n) is 2.00. The van der Waals surface area contributed by atoms with Crippen molar-refractivity contribution >= 4 is 22.8 Å². The first-order valence-corrected chi connectivity index (χ1v) is 6.57. The fourth-order valence-corrected chi connectivity index (χ4v) is 2.94. The van der Waals surface area contributed by atoms with Crippen molar-refractivity contribution in [3.05, 3.63) is 12.2 Å². The smallest absolute Gasteiger partial charge is 0.264 e. The van der Waals surface area contributed by atoms with E-state index in [1.54, 1.807) is 0 Å². The van der Waals surface area contributed by atoms with Crippen molar-refractivity contribution in [2.24, 2.45) is 4.99 Å². The summed E-state index contributed by atoms with van der Waals surface area (Å²) in [5, 5.41) is 4.11. The van der Waals surface area contributed by atoms with E-state index >= 15 is 0 Å². The van der Waals surface area contributed by atoms with Crippen LogP contribution in [0.5, 0.6) is 0 Å². The molecule has 4 heteroatoms. The number of nitrogens with one attached hydrogen (secondary N) is 1. The summed E-state index contributed by atoms with van der Waals surface area (Å²) in [5.74, 6) is -0.0404. The molecule has 0 radical (unpaired) electrons. The zero-order valence-corrected chi connectivity index (χ0v) is 10.7. The molecule has 16 heavy (non-hydrogen) atoms. The lowest BCUT2D eigenvalue weighted by Gasteiger charge is -2.26. The minimum atomic E-state index is -0.404. The first kappa shape index (κ1) is 11.7. The molecule has 1 aliphatic heterocycles. The second-order valence-corrected chi connectivity index (χ2v) is 6.55. The minimum absolute atomic E-state index is 0.0404. The van der Waals surface area contributed by atoms with E-state index in [4.69, 9.17) is 0 Å². The highest BCUT2D eigenvalue weighted by molar-refractivity contribution is 8.16. The van der Waals surface area contributed by atoms with Gasteiger partial charge >= 0.3 is 0 Å². The van der Waals surface area contributed by atoms with Crippen LogP contribution in [0.15, 0.2) is 17.1 Å². The highest BCUT2D eigenvalue weighted by atomic mass is 32.2. The molecule has 2 rings (SSSR count). The zero-order valence-electron chi connectivity index (χ0n) is 9.88. The Labute approximate surface area is 101 Å². The van der Waals surface area contributed by atoms with Crippen LogP contribution in [-0.4, -0.2) is 21.9 Å². The van der Waals surface area contributed by atoms with Crippen LogP contribution in [0.1, 0.15) is 39.5 Å².